The molecule has 0 bridgehead atoms. The summed E-state index contributed by atoms with van der Waals surface area (Å²) < 4.78 is 49.3. The minimum Gasteiger partial charge on any atom is -0.405 e. The van der Waals surface area contributed by atoms with E-state index in [9.17, 15) is 18.0 Å². The van der Waals surface area contributed by atoms with E-state index in [-0.39, 0.29) is 17.9 Å². The molecule has 0 aliphatic carbocycles. The largest absolute Gasteiger partial charge is 0.573 e. The van der Waals surface area contributed by atoms with Gasteiger partial charge in [-0.2, -0.15) is 0 Å². The van der Waals surface area contributed by atoms with E-state index in [1.54, 1.807) is 6.07 Å². The number of fused-ring (bicyclic) bond motifs is 3. The zero-order valence-corrected chi connectivity index (χ0v) is 17.5. The Kier molecular flexibility index (Phi) is 4.73. The number of ether oxygens (including phenoxy) is 1. The molecule has 3 aromatic heterocycles. The number of halogens is 3. The van der Waals surface area contributed by atoms with Crippen LogP contribution in [-0.2, 0) is 6.54 Å². The zero-order valence-electron chi connectivity index (χ0n) is 17.5. The van der Waals surface area contributed by atoms with E-state index in [2.05, 4.69) is 19.9 Å². The van der Waals surface area contributed by atoms with Crippen molar-refractivity contribution in [2.75, 3.05) is 0 Å². The second-order valence-corrected chi connectivity index (χ2v) is 7.62. The van der Waals surface area contributed by atoms with Gasteiger partial charge in [-0.1, -0.05) is 35.5 Å². The van der Waals surface area contributed by atoms with Gasteiger partial charge in [0, 0.05) is 16.5 Å². The van der Waals surface area contributed by atoms with Crippen molar-refractivity contribution < 1.29 is 22.4 Å². The van der Waals surface area contributed by atoms with Crippen molar-refractivity contribution >= 4 is 21.9 Å². The maximum atomic E-state index is 12.8. The van der Waals surface area contributed by atoms with Crippen molar-refractivity contribution in [3.8, 4) is 16.9 Å². The number of pyridine rings is 1. The molecule has 5 rings (SSSR count). The molecule has 0 saturated heterocycles. The van der Waals surface area contributed by atoms with Crippen LogP contribution in [0, 0.1) is 13.8 Å². The van der Waals surface area contributed by atoms with Crippen LogP contribution in [0.2, 0.25) is 0 Å². The zero-order chi connectivity index (χ0) is 23.3. The summed E-state index contributed by atoms with van der Waals surface area (Å²) >= 11 is 0. The second kappa shape index (κ2) is 7.51. The number of imidazole rings is 1. The fraction of sp³-hybridized carbons (Fsp3) is 0.174. The summed E-state index contributed by atoms with van der Waals surface area (Å²) in [4.78, 5) is 19.9. The summed E-state index contributed by atoms with van der Waals surface area (Å²) in [5.74, 6) is 0.318. The summed E-state index contributed by atoms with van der Waals surface area (Å²) in [5.41, 5.74) is 3.86. The number of hydrogen-bond donors (Lipinski definition) is 1. The van der Waals surface area contributed by atoms with Gasteiger partial charge in [0.2, 0.25) is 0 Å². The lowest BCUT2D eigenvalue weighted by Gasteiger charge is -2.14. The van der Waals surface area contributed by atoms with Crippen LogP contribution in [0.5, 0.6) is 5.75 Å². The van der Waals surface area contributed by atoms with Crippen molar-refractivity contribution in [2.24, 2.45) is 0 Å². The van der Waals surface area contributed by atoms with Crippen LogP contribution in [0.1, 0.15) is 17.0 Å². The summed E-state index contributed by atoms with van der Waals surface area (Å²) in [5, 5.41) is 4.66. The molecule has 0 aliphatic rings. The highest BCUT2D eigenvalue weighted by Crippen LogP contribution is 2.32. The number of nitrogens with zero attached hydrogens (tertiary/aromatic N) is 3. The van der Waals surface area contributed by atoms with Crippen LogP contribution in [0.3, 0.4) is 0 Å². The van der Waals surface area contributed by atoms with Gasteiger partial charge < -0.3 is 14.2 Å². The molecular weight excluding hydrogens is 437 g/mol. The lowest BCUT2D eigenvalue weighted by molar-refractivity contribution is -0.274. The van der Waals surface area contributed by atoms with Gasteiger partial charge in [-0.3, -0.25) is 9.55 Å². The van der Waals surface area contributed by atoms with Gasteiger partial charge >= 0.3 is 12.1 Å². The van der Waals surface area contributed by atoms with Crippen molar-refractivity contribution in [2.45, 2.75) is 26.8 Å². The number of H-pyrrole nitrogens is 1. The molecule has 5 aromatic rings. The highest BCUT2D eigenvalue weighted by Gasteiger charge is 2.32. The lowest BCUT2D eigenvalue weighted by atomic mass is 10.0. The van der Waals surface area contributed by atoms with Crippen molar-refractivity contribution in [3.63, 3.8) is 0 Å². The third-order valence-corrected chi connectivity index (χ3v) is 5.45. The Morgan fingerprint density at radius 3 is 2.67 bits per heavy atom. The summed E-state index contributed by atoms with van der Waals surface area (Å²) in [6.07, 6.45) is -3.31. The normalized spacial score (nSPS) is 12.0. The van der Waals surface area contributed by atoms with E-state index in [0.29, 0.717) is 27.7 Å². The Bertz CT molecular complexity index is 1540. The molecule has 0 radical (unpaired) electrons. The number of rotatable bonds is 4. The molecule has 0 fully saturated rings. The number of benzene rings is 2. The van der Waals surface area contributed by atoms with Crippen LogP contribution in [-0.4, -0.2) is 26.1 Å². The van der Waals surface area contributed by atoms with Crippen LogP contribution >= 0.6 is 0 Å². The maximum absolute atomic E-state index is 12.8. The van der Waals surface area contributed by atoms with Crippen molar-refractivity contribution in [3.05, 3.63) is 76.2 Å². The number of alkyl halides is 3. The number of aryl methyl sites for hydroxylation is 2. The van der Waals surface area contributed by atoms with E-state index in [1.165, 1.54) is 29.0 Å². The van der Waals surface area contributed by atoms with Crippen molar-refractivity contribution in [1.29, 1.82) is 0 Å². The van der Waals surface area contributed by atoms with Gasteiger partial charge in [0.05, 0.1) is 35.0 Å². The first-order valence-corrected chi connectivity index (χ1v) is 9.99. The van der Waals surface area contributed by atoms with Gasteiger partial charge in [-0.25, -0.2) is 4.79 Å². The van der Waals surface area contributed by atoms with E-state index >= 15 is 0 Å². The third kappa shape index (κ3) is 3.73. The molecule has 33 heavy (non-hydrogen) atoms. The Labute approximate surface area is 184 Å². The molecule has 1 N–H and O–H groups in total. The number of nitrogens with one attached hydrogen (secondary N) is 1. The Morgan fingerprint density at radius 2 is 1.94 bits per heavy atom. The van der Waals surface area contributed by atoms with Gasteiger partial charge in [0.25, 0.3) is 0 Å². The average molecular weight is 454 g/mol. The van der Waals surface area contributed by atoms with Gasteiger partial charge in [0.1, 0.15) is 11.5 Å². The molecule has 168 valence electrons. The van der Waals surface area contributed by atoms with Gasteiger partial charge in [-0.05, 0) is 31.5 Å². The number of hydrogen-bond acceptors (Lipinski definition) is 5. The van der Waals surface area contributed by atoms with Gasteiger partial charge in [-0.15, -0.1) is 13.2 Å². The van der Waals surface area contributed by atoms with E-state index in [1.807, 2.05) is 32.0 Å². The Hall–Kier alpha value is -4.08. The molecule has 0 spiro atoms. The maximum Gasteiger partial charge on any atom is 0.573 e. The standard InChI is InChI=1S/C23H17F3N4O3/c1-12-20(13(2)33-29-12)14-7-8-16-17(9-14)27-10-18-21(16)30(22(31)28-18)11-15-5-3-4-6-19(15)32-23(24,25)26/h3-10H,11H2,1-2H3,(H,28,31). The third-order valence-electron chi connectivity index (χ3n) is 5.45. The molecule has 0 atom stereocenters. The fourth-order valence-corrected chi connectivity index (χ4v) is 4.08. The minimum atomic E-state index is -4.84. The van der Waals surface area contributed by atoms with Gasteiger partial charge in [0.15, 0.2) is 0 Å². The molecular formula is C23H17F3N4O3. The Balaban J connectivity index is 1.65. The van der Waals surface area contributed by atoms with Crippen LogP contribution in [0.4, 0.5) is 13.2 Å². The summed E-state index contributed by atoms with van der Waals surface area (Å²) in [6, 6.07) is 11.3. The minimum absolute atomic E-state index is 0.115. The molecule has 2 aromatic carbocycles. The predicted molar refractivity (Wildman–Crippen MR) is 115 cm³/mol. The lowest BCUT2D eigenvalue weighted by Crippen LogP contribution is -2.21. The highest BCUT2D eigenvalue weighted by molar-refractivity contribution is 6.03. The van der Waals surface area contributed by atoms with Crippen LogP contribution in [0.15, 0.2) is 58.0 Å². The topological polar surface area (TPSA) is 85.9 Å². The summed E-state index contributed by atoms with van der Waals surface area (Å²) in [6.45, 7) is 3.55. The van der Waals surface area contributed by atoms with Crippen LogP contribution < -0.4 is 10.4 Å². The average Bonchev–Trinajstić information content (AvgIpc) is 3.26. The number of aromatic amines is 1. The number of para-hydroxylation sites is 1. The predicted octanol–water partition coefficient (Wildman–Crippen LogP) is 5.10. The fourth-order valence-electron chi connectivity index (χ4n) is 4.08. The number of aromatic nitrogens is 4. The molecule has 0 aliphatic heterocycles. The molecule has 0 amide bonds. The first kappa shape index (κ1) is 20.8. The SMILES string of the molecule is Cc1noc(C)c1-c1ccc2c(c1)ncc1[nH]c(=O)n(Cc3ccccc3OC(F)(F)F)c12. The van der Waals surface area contributed by atoms with E-state index in [4.69, 9.17) is 4.52 Å². The monoisotopic (exact) mass is 454 g/mol. The first-order valence-electron chi connectivity index (χ1n) is 9.99. The second-order valence-electron chi connectivity index (χ2n) is 7.62. The quantitative estimate of drug-likeness (QED) is 0.409. The van der Waals surface area contributed by atoms with E-state index < -0.39 is 12.1 Å². The molecule has 3 heterocycles. The first-order chi connectivity index (χ1) is 15.7. The smallest absolute Gasteiger partial charge is 0.405 e. The summed E-state index contributed by atoms with van der Waals surface area (Å²) in [7, 11) is 0. The van der Waals surface area contributed by atoms with Crippen molar-refractivity contribution in [1.82, 2.24) is 19.7 Å². The Morgan fingerprint density at radius 1 is 1.15 bits per heavy atom. The molecule has 0 unspecified atom stereocenters. The van der Waals surface area contributed by atoms with Crippen LogP contribution in [0.25, 0.3) is 33.1 Å². The molecule has 7 nitrogen and oxygen atoms in total. The van der Waals surface area contributed by atoms with E-state index in [0.717, 1.165) is 16.8 Å². The highest BCUT2D eigenvalue weighted by atomic mass is 19.4. The molecule has 10 heteroatoms. The molecule has 0 saturated carbocycles.